The maximum Gasteiger partial charge on any atom is 0.263 e. The lowest BCUT2D eigenvalue weighted by Gasteiger charge is -2.05. The number of fused-ring (bicyclic) bond motifs is 1. The van der Waals surface area contributed by atoms with Crippen LogP contribution < -0.4 is 11.1 Å². The van der Waals surface area contributed by atoms with Crippen LogP contribution in [0.25, 0.3) is 10.2 Å². The number of nitrogens with two attached hydrogens (primary N) is 1. The molecule has 0 aromatic carbocycles. The zero-order valence-electron chi connectivity index (χ0n) is 11.4. The molecular formula is C13H14N6OS. The number of nitrogens with one attached hydrogen (secondary N) is 1. The Balaban J connectivity index is 1.80. The number of hydrogen-bond donors (Lipinski definition) is 2. The quantitative estimate of drug-likeness (QED) is 0.759. The van der Waals surface area contributed by atoms with E-state index in [4.69, 9.17) is 5.73 Å². The number of anilines is 1. The van der Waals surface area contributed by atoms with E-state index in [0.717, 1.165) is 11.2 Å². The first-order valence-corrected chi connectivity index (χ1v) is 7.30. The number of aromatic nitrogens is 4. The second-order valence-corrected chi connectivity index (χ2v) is 5.46. The minimum absolute atomic E-state index is 0.221. The SMILES string of the molecule is CCn1cnnc1CNC(=O)c1sc2cccnc2c1N. The molecule has 0 fully saturated rings. The molecule has 0 bridgehead atoms. The summed E-state index contributed by atoms with van der Waals surface area (Å²) in [7, 11) is 0. The molecule has 3 aromatic heterocycles. The molecule has 0 radical (unpaired) electrons. The molecule has 7 nitrogen and oxygen atoms in total. The summed E-state index contributed by atoms with van der Waals surface area (Å²) < 4.78 is 2.77. The van der Waals surface area contributed by atoms with Gasteiger partial charge in [-0.15, -0.1) is 21.5 Å². The molecule has 21 heavy (non-hydrogen) atoms. The maximum absolute atomic E-state index is 12.3. The largest absolute Gasteiger partial charge is 0.396 e. The minimum atomic E-state index is -0.221. The lowest BCUT2D eigenvalue weighted by Crippen LogP contribution is -2.24. The Kier molecular flexibility index (Phi) is 3.53. The molecule has 0 aliphatic heterocycles. The molecule has 108 valence electrons. The summed E-state index contributed by atoms with van der Waals surface area (Å²) >= 11 is 1.34. The smallest absolute Gasteiger partial charge is 0.263 e. The minimum Gasteiger partial charge on any atom is -0.396 e. The average Bonchev–Trinajstić information content (AvgIpc) is 3.09. The Morgan fingerprint density at radius 1 is 1.52 bits per heavy atom. The predicted molar refractivity (Wildman–Crippen MR) is 80.9 cm³/mol. The van der Waals surface area contributed by atoms with E-state index in [1.165, 1.54) is 11.3 Å². The molecule has 0 spiro atoms. The fraction of sp³-hybridized carbons (Fsp3) is 0.231. The number of nitrogens with zero attached hydrogens (tertiary/aromatic N) is 4. The van der Waals surface area contributed by atoms with Crippen LogP contribution in [0, 0.1) is 0 Å². The third kappa shape index (κ3) is 2.45. The van der Waals surface area contributed by atoms with Crippen molar-refractivity contribution < 1.29 is 4.79 Å². The van der Waals surface area contributed by atoms with Gasteiger partial charge in [0, 0.05) is 12.7 Å². The highest BCUT2D eigenvalue weighted by molar-refractivity contribution is 7.21. The zero-order chi connectivity index (χ0) is 14.8. The van der Waals surface area contributed by atoms with Gasteiger partial charge in [0.2, 0.25) is 0 Å². The highest BCUT2D eigenvalue weighted by Crippen LogP contribution is 2.31. The van der Waals surface area contributed by atoms with Gasteiger partial charge >= 0.3 is 0 Å². The number of carbonyl (C=O) groups is 1. The molecule has 3 rings (SSSR count). The maximum atomic E-state index is 12.3. The Labute approximate surface area is 124 Å². The van der Waals surface area contributed by atoms with E-state index in [1.807, 2.05) is 23.6 Å². The Bertz CT molecular complexity index is 793. The first-order valence-electron chi connectivity index (χ1n) is 6.48. The number of carbonyl (C=O) groups excluding carboxylic acids is 1. The van der Waals surface area contributed by atoms with Gasteiger partial charge in [0.1, 0.15) is 16.7 Å². The first kappa shape index (κ1) is 13.5. The molecule has 0 saturated carbocycles. The molecule has 1 amide bonds. The van der Waals surface area contributed by atoms with Gasteiger partial charge in [-0.1, -0.05) is 0 Å². The Morgan fingerprint density at radius 2 is 2.38 bits per heavy atom. The van der Waals surface area contributed by atoms with Gasteiger partial charge < -0.3 is 15.6 Å². The topological polar surface area (TPSA) is 98.7 Å². The number of aryl methyl sites for hydroxylation is 1. The van der Waals surface area contributed by atoms with Crippen molar-refractivity contribution in [3.63, 3.8) is 0 Å². The first-order chi connectivity index (χ1) is 10.2. The van der Waals surface area contributed by atoms with Crippen LogP contribution in [0.2, 0.25) is 0 Å². The molecule has 0 aliphatic carbocycles. The molecule has 3 heterocycles. The zero-order valence-corrected chi connectivity index (χ0v) is 12.2. The standard InChI is InChI=1S/C13H14N6OS/c1-2-19-7-17-18-9(19)6-16-13(20)12-10(14)11-8(21-12)4-3-5-15-11/h3-5,7H,2,6,14H2,1H3,(H,16,20). The predicted octanol–water partition coefficient (Wildman–Crippen LogP) is 1.42. The fourth-order valence-electron chi connectivity index (χ4n) is 2.04. The van der Waals surface area contributed by atoms with E-state index in [2.05, 4.69) is 20.5 Å². The van der Waals surface area contributed by atoms with Crippen molar-refractivity contribution in [1.82, 2.24) is 25.1 Å². The second-order valence-electron chi connectivity index (χ2n) is 4.41. The molecule has 0 saturated heterocycles. The number of thiophene rings is 1. The van der Waals surface area contributed by atoms with Gasteiger partial charge in [-0.25, -0.2) is 0 Å². The fourth-order valence-corrected chi connectivity index (χ4v) is 3.03. The molecular weight excluding hydrogens is 288 g/mol. The van der Waals surface area contributed by atoms with Gasteiger partial charge in [0.05, 0.1) is 16.9 Å². The van der Waals surface area contributed by atoms with Crippen molar-refractivity contribution >= 4 is 33.1 Å². The molecule has 0 aliphatic rings. The van der Waals surface area contributed by atoms with Crippen molar-refractivity contribution in [2.75, 3.05) is 5.73 Å². The van der Waals surface area contributed by atoms with Gasteiger partial charge in [0.25, 0.3) is 5.91 Å². The lowest BCUT2D eigenvalue weighted by atomic mass is 10.3. The van der Waals surface area contributed by atoms with Crippen molar-refractivity contribution in [3.05, 3.63) is 35.4 Å². The van der Waals surface area contributed by atoms with Crippen molar-refractivity contribution in [3.8, 4) is 0 Å². The highest BCUT2D eigenvalue weighted by atomic mass is 32.1. The summed E-state index contributed by atoms with van der Waals surface area (Å²) in [5.74, 6) is 0.491. The van der Waals surface area contributed by atoms with Crippen molar-refractivity contribution in [2.45, 2.75) is 20.0 Å². The number of rotatable bonds is 4. The highest BCUT2D eigenvalue weighted by Gasteiger charge is 2.17. The van der Waals surface area contributed by atoms with E-state index in [9.17, 15) is 4.79 Å². The summed E-state index contributed by atoms with van der Waals surface area (Å²) in [6.07, 6.45) is 3.30. The molecule has 0 unspecified atom stereocenters. The summed E-state index contributed by atoms with van der Waals surface area (Å²) in [4.78, 5) is 16.9. The lowest BCUT2D eigenvalue weighted by molar-refractivity contribution is 0.0954. The third-order valence-electron chi connectivity index (χ3n) is 3.13. The van der Waals surface area contributed by atoms with Gasteiger partial charge in [0.15, 0.2) is 5.82 Å². The number of pyridine rings is 1. The number of nitrogen functional groups attached to an aromatic ring is 1. The summed E-state index contributed by atoms with van der Waals surface area (Å²) in [6.45, 7) is 3.06. The molecule has 0 atom stereocenters. The Hall–Kier alpha value is -2.48. The van der Waals surface area contributed by atoms with Crippen molar-refractivity contribution in [1.29, 1.82) is 0 Å². The summed E-state index contributed by atoms with van der Waals surface area (Å²) in [6, 6.07) is 3.72. The molecule has 3 N–H and O–H groups in total. The van der Waals surface area contributed by atoms with Gasteiger partial charge in [-0.3, -0.25) is 9.78 Å². The Morgan fingerprint density at radius 3 is 3.14 bits per heavy atom. The van der Waals surface area contributed by atoms with E-state index >= 15 is 0 Å². The van der Waals surface area contributed by atoms with Crippen LogP contribution in [-0.2, 0) is 13.1 Å². The summed E-state index contributed by atoms with van der Waals surface area (Å²) in [5.41, 5.74) is 7.09. The van der Waals surface area contributed by atoms with E-state index < -0.39 is 0 Å². The van der Waals surface area contributed by atoms with Crippen LogP contribution >= 0.6 is 11.3 Å². The monoisotopic (exact) mass is 302 g/mol. The van der Waals surface area contributed by atoms with Crippen LogP contribution in [0.1, 0.15) is 22.4 Å². The average molecular weight is 302 g/mol. The molecule has 3 aromatic rings. The second kappa shape index (κ2) is 5.49. The van der Waals surface area contributed by atoms with Crippen LogP contribution in [-0.4, -0.2) is 25.7 Å². The number of amides is 1. The van der Waals surface area contributed by atoms with Crippen molar-refractivity contribution in [2.24, 2.45) is 0 Å². The van der Waals surface area contributed by atoms with E-state index in [0.29, 0.717) is 28.5 Å². The van der Waals surface area contributed by atoms with Crippen LogP contribution in [0.15, 0.2) is 24.7 Å². The van der Waals surface area contributed by atoms with E-state index in [-0.39, 0.29) is 5.91 Å². The normalized spacial score (nSPS) is 10.9. The van der Waals surface area contributed by atoms with E-state index in [1.54, 1.807) is 12.5 Å². The van der Waals surface area contributed by atoms with Crippen LogP contribution in [0.3, 0.4) is 0 Å². The third-order valence-corrected chi connectivity index (χ3v) is 4.29. The van der Waals surface area contributed by atoms with Gasteiger partial charge in [-0.2, -0.15) is 0 Å². The van der Waals surface area contributed by atoms with Crippen LogP contribution in [0.5, 0.6) is 0 Å². The molecule has 8 heteroatoms. The number of hydrogen-bond acceptors (Lipinski definition) is 6. The summed E-state index contributed by atoms with van der Waals surface area (Å²) in [5, 5.41) is 10.6. The van der Waals surface area contributed by atoms with Crippen LogP contribution in [0.4, 0.5) is 5.69 Å². The van der Waals surface area contributed by atoms with Gasteiger partial charge in [-0.05, 0) is 19.1 Å².